The molecule has 2 rings (SSSR count). The molecule has 0 aromatic heterocycles. The van der Waals surface area contributed by atoms with Crippen molar-refractivity contribution in [2.75, 3.05) is 6.61 Å². The highest BCUT2D eigenvalue weighted by atomic mass is 19.2. The molecule has 154 valence electrons. The predicted octanol–water partition coefficient (Wildman–Crippen LogP) is 7.60. The lowest BCUT2D eigenvalue weighted by Gasteiger charge is -2.12. The van der Waals surface area contributed by atoms with Crippen LogP contribution in [0, 0.1) is 23.3 Å². The van der Waals surface area contributed by atoms with Gasteiger partial charge in [-0.25, -0.2) is 13.2 Å². The quantitative estimate of drug-likeness (QED) is 0.281. The van der Waals surface area contributed by atoms with Gasteiger partial charge in [-0.1, -0.05) is 58.1 Å². The van der Waals surface area contributed by atoms with Crippen molar-refractivity contribution in [1.29, 1.82) is 0 Å². The highest BCUT2D eigenvalue weighted by molar-refractivity contribution is 5.66. The van der Waals surface area contributed by atoms with E-state index >= 15 is 0 Å². The van der Waals surface area contributed by atoms with Crippen molar-refractivity contribution in [2.24, 2.45) is 0 Å². The first-order valence-electron chi connectivity index (χ1n) is 10.1. The van der Waals surface area contributed by atoms with Gasteiger partial charge in [-0.05, 0) is 37.0 Å². The topological polar surface area (TPSA) is 9.23 Å². The molecular formula is C23H28F4O. The van der Waals surface area contributed by atoms with Crippen molar-refractivity contribution in [3.63, 3.8) is 0 Å². The Morgan fingerprint density at radius 1 is 0.643 bits per heavy atom. The molecule has 2 aromatic rings. The molecule has 0 spiro atoms. The predicted molar refractivity (Wildman–Crippen MR) is 105 cm³/mol. The van der Waals surface area contributed by atoms with Gasteiger partial charge in [0.1, 0.15) is 0 Å². The Hall–Kier alpha value is -2.04. The molecule has 0 fully saturated rings. The third-order valence-corrected chi connectivity index (χ3v) is 4.80. The number of halogens is 4. The van der Waals surface area contributed by atoms with Gasteiger partial charge >= 0.3 is 0 Å². The average molecular weight is 396 g/mol. The zero-order valence-electron chi connectivity index (χ0n) is 16.6. The van der Waals surface area contributed by atoms with Crippen LogP contribution in [-0.4, -0.2) is 6.61 Å². The number of unbranched alkanes of at least 4 members (excludes halogenated alkanes) is 5. The van der Waals surface area contributed by atoms with Crippen molar-refractivity contribution in [2.45, 2.75) is 65.2 Å². The van der Waals surface area contributed by atoms with Crippen molar-refractivity contribution in [3.05, 3.63) is 53.1 Å². The van der Waals surface area contributed by atoms with Gasteiger partial charge in [-0.15, -0.1) is 0 Å². The molecular weight excluding hydrogens is 368 g/mol. The molecule has 0 radical (unpaired) electrons. The number of hydrogen-bond donors (Lipinski definition) is 0. The van der Waals surface area contributed by atoms with Gasteiger partial charge in [0.05, 0.1) is 6.61 Å². The van der Waals surface area contributed by atoms with E-state index < -0.39 is 23.3 Å². The second-order valence-corrected chi connectivity index (χ2v) is 7.01. The molecule has 2 aromatic carbocycles. The summed E-state index contributed by atoms with van der Waals surface area (Å²) >= 11 is 0. The molecule has 0 aliphatic carbocycles. The summed E-state index contributed by atoms with van der Waals surface area (Å²) in [6.07, 6.45) is 6.87. The van der Waals surface area contributed by atoms with E-state index in [-0.39, 0.29) is 29.0 Å². The second kappa shape index (κ2) is 11.1. The third kappa shape index (κ3) is 5.49. The van der Waals surface area contributed by atoms with Gasteiger partial charge in [0.25, 0.3) is 0 Å². The van der Waals surface area contributed by atoms with E-state index in [4.69, 9.17) is 4.74 Å². The first-order valence-corrected chi connectivity index (χ1v) is 10.1. The van der Waals surface area contributed by atoms with E-state index in [2.05, 4.69) is 6.92 Å². The lowest BCUT2D eigenvalue weighted by Crippen LogP contribution is -2.03. The van der Waals surface area contributed by atoms with Crippen molar-refractivity contribution in [3.8, 4) is 16.9 Å². The summed E-state index contributed by atoms with van der Waals surface area (Å²) in [5, 5.41) is 0. The Morgan fingerprint density at radius 2 is 1.25 bits per heavy atom. The highest BCUT2D eigenvalue weighted by Gasteiger charge is 2.21. The van der Waals surface area contributed by atoms with Crippen LogP contribution in [0.25, 0.3) is 11.1 Å². The largest absolute Gasteiger partial charge is 0.490 e. The molecule has 28 heavy (non-hydrogen) atoms. The summed E-state index contributed by atoms with van der Waals surface area (Å²) in [6.45, 7) is 4.38. The van der Waals surface area contributed by atoms with Crippen molar-refractivity contribution >= 4 is 0 Å². The van der Waals surface area contributed by atoms with E-state index in [1.165, 1.54) is 24.3 Å². The summed E-state index contributed by atoms with van der Waals surface area (Å²) in [5.74, 6) is -4.78. The van der Waals surface area contributed by atoms with Gasteiger partial charge in [-0.2, -0.15) is 4.39 Å². The zero-order chi connectivity index (χ0) is 20.5. The minimum atomic E-state index is -1.23. The summed E-state index contributed by atoms with van der Waals surface area (Å²) in [4.78, 5) is 0. The summed E-state index contributed by atoms with van der Waals surface area (Å²) < 4.78 is 63.0. The van der Waals surface area contributed by atoms with Crippen LogP contribution >= 0.6 is 0 Å². The van der Waals surface area contributed by atoms with Gasteiger partial charge in [0.15, 0.2) is 23.2 Å². The van der Waals surface area contributed by atoms with Crippen LogP contribution < -0.4 is 4.74 Å². The van der Waals surface area contributed by atoms with Crippen LogP contribution in [0.5, 0.6) is 5.75 Å². The van der Waals surface area contributed by atoms with E-state index in [0.717, 1.165) is 44.9 Å². The lowest BCUT2D eigenvalue weighted by molar-refractivity contribution is 0.286. The van der Waals surface area contributed by atoms with Crippen LogP contribution in [0.2, 0.25) is 0 Å². The minimum Gasteiger partial charge on any atom is -0.490 e. The number of ether oxygens (including phenoxy) is 1. The van der Waals surface area contributed by atoms with Crippen LogP contribution in [0.15, 0.2) is 24.3 Å². The van der Waals surface area contributed by atoms with Gasteiger partial charge < -0.3 is 4.74 Å². The number of aryl methyl sites for hydroxylation is 1. The van der Waals surface area contributed by atoms with Crippen LogP contribution in [0.3, 0.4) is 0 Å². The summed E-state index contributed by atoms with van der Waals surface area (Å²) in [6, 6.07) is 5.25. The SMILES string of the molecule is CCCCCCc1ccc(-c2ccc(OCCCCC)c(F)c2F)c(F)c1F. The van der Waals surface area contributed by atoms with Gasteiger partial charge in [0.2, 0.25) is 5.82 Å². The molecule has 0 aliphatic rings. The Morgan fingerprint density at radius 3 is 1.93 bits per heavy atom. The van der Waals surface area contributed by atoms with Crippen molar-refractivity contribution in [1.82, 2.24) is 0 Å². The smallest absolute Gasteiger partial charge is 0.201 e. The third-order valence-electron chi connectivity index (χ3n) is 4.80. The minimum absolute atomic E-state index is 0.217. The van der Waals surface area contributed by atoms with Gasteiger partial charge in [0, 0.05) is 11.1 Å². The average Bonchev–Trinajstić information content (AvgIpc) is 2.69. The Bertz CT molecular complexity index is 708. The van der Waals surface area contributed by atoms with E-state index in [9.17, 15) is 17.6 Å². The van der Waals surface area contributed by atoms with Crippen LogP contribution in [0.1, 0.15) is 64.4 Å². The fourth-order valence-electron chi connectivity index (χ4n) is 3.12. The molecule has 0 aliphatic heterocycles. The lowest BCUT2D eigenvalue weighted by atomic mass is 9.99. The van der Waals surface area contributed by atoms with E-state index in [1.54, 1.807) is 0 Å². The standard InChI is InChI=1S/C23H28F4O/c1-3-5-7-8-10-16-11-12-17(21(25)20(16)24)18-13-14-19(23(27)22(18)26)28-15-9-6-4-2/h11-14H,3-10,15H2,1-2H3. The molecule has 0 N–H and O–H groups in total. The van der Waals surface area contributed by atoms with E-state index in [0.29, 0.717) is 6.42 Å². The molecule has 0 heterocycles. The molecule has 0 atom stereocenters. The fraction of sp³-hybridized carbons (Fsp3) is 0.478. The zero-order valence-corrected chi connectivity index (χ0v) is 16.6. The first-order chi connectivity index (χ1) is 13.5. The highest BCUT2D eigenvalue weighted by Crippen LogP contribution is 2.33. The maximum absolute atomic E-state index is 14.5. The first kappa shape index (κ1) is 22.3. The number of rotatable bonds is 11. The van der Waals surface area contributed by atoms with Gasteiger partial charge in [-0.3, -0.25) is 0 Å². The van der Waals surface area contributed by atoms with E-state index in [1.807, 2.05) is 6.92 Å². The molecule has 0 saturated heterocycles. The maximum atomic E-state index is 14.5. The van der Waals surface area contributed by atoms with Crippen molar-refractivity contribution < 1.29 is 22.3 Å². The Balaban J connectivity index is 2.20. The summed E-state index contributed by atoms with van der Waals surface area (Å²) in [7, 11) is 0. The molecule has 0 unspecified atom stereocenters. The summed E-state index contributed by atoms with van der Waals surface area (Å²) in [5.41, 5.74) is -0.342. The molecule has 5 heteroatoms. The fourth-order valence-corrected chi connectivity index (χ4v) is 3.12. The molecule has 1 nitrogen and oxygen atoms in total. The monoisotopic (exact) mass is 396 g/mol. The Labute approximate surface area is 164 Å². The van der Waals surface area contributed by atoms with Crippen LogP contribution in [-0.2, 0) is 6.42 Å². The number of benzene rings is 2. The molecule has 0 bridgehead atoms. The second-order valence-electron chi connectivity index (χ2n) is 7.01. The number of hydrogen-bond acceptors (Lipinski definition) is 1. The van der Waals surface area contributed by atoms with Crippen LogP contribution in [0.4, 0.5) is 17.6 Å². The normalized spacial score (nSPS) is 11.1. The molecule has 0 amide bonds. The Kier molecular flexibility index (Phi) is 8.81. The maximum Gasteiger partial charge on any atom is 0.201 e. The molecule has 0 saturated carbocycles.